The van der Waals surface area contributed by atoms with Gasteiger partial charge in [-0.2, -0.15) is 0 Å². The van der Waals surface area contributed by atoms with Crippen LogP contribution in [0.15, 0.2) is 174 Å². The summed E-state index contributed by atoms with van der Waals surface area (Å²) in [4.78, 5) is 17.6. The van der Waals surface area contributed by atoms with E-state index in [1.54, 1.807) is 0 Å². The minimum Gasteiger partial charge on any atom is -0.456 e. The number of benzene rings is 6. The number of furan rings is 1. The molecule has 0 saturated carbocycles. The third-order valence-electron chi connectivity index (χ3n) is 12.3. The molecule has 1 atom stereocenters. The van der Waals surface area contributed by atoms with Gasteiger partial charge in [0.15, 0.2) is 11.6 Å². The molecule has 0 saturated heterocycles. The van der Waals surface area contributed by atoms with Crippen LogP contribution in [0.1, 0.15) is 73.1 Å². The lowest BCUT2D eigenvalue weighted by Gasteiger charge is -2.28. The van der Waals surface area contributed by atoms with Crippen molar-refractivity contribution in [3.63, 3.8) is 0 Å². The zero-order chi connectivity index (χ0) is 39.5. The van der Waals surface area contributed by atoms with Crippen molar-refractivity contribution < 1.29 is 4.42 Å². The van der Waals surface area contributed by atoms with Gasteiger partial charge in [0.1, 0.15) is 17.2 Å². The highest BCUT2D eigenvalue weighted by atomic mass is 16.3. The first-order valence-electron chi connectivity index (χ1n) is 20.6. The third kappa shape index (κ3) is 6.04. The number of anilines is 3. The van der Waals surface area contributed by atoms with Crippen molar-refractivity contribution >= 4 is 39.7 Å². The SMILES string of the molecule is CC1(C)c2ccccc2-c2ccc(N(c3ccccc3)c3ccc(-c4ccc5c6c(oc5c4)C=CCC6c4nc(C5=CCCC=C5)nc(-c5ccccc5)n4)cc3)cc21. The van der Waals surface area contributed by atoms with Crippen LogP contribution in [0.25, 0.3) is 56.3 Å². The molecule has 59 heavy (non-hydrogen) atoms. The van der Waals surface area contributed by atoms with Crippen LogP contribution in [0.3, 0.4) is 0 Å². The molecule has 0 radical (unpaired) electrons. The highest BCUT2D eigenvalue weighted by Crippen LogP contribution is 2.51. The van der Waals surface area contributed by atoms with Crippen molar-refractivity contribution in [3.8, 4) is 33.6 Å². The smallest absolute Gasteiger partial charge is 0.163 e. The Morgan fingerprint density at radius 2 is 1.29 bits per heavy atom. The Balaban J connectivity index is 0.943. The molecule has 11 rings (SSSR count). The predicted molar refractivity (Wildman–Crippen MR) is 241 cm³/mol. The molecule has 3 aliphatic rings. The quantitative estimate of drug-likeness (QED) is 0.162. The minimum atomic E-state index is -0.0859. The molecule has 0 aliphatic heterocycles. The van der Waals surface area contributed by atoms with Gasteiger partial charge >= 0.3 is 0 Å². The molecular formula is C54H42N4O. The second kappa shape index (κ2) is 14.1. The number of fused-ring (bicyclic) bond motifs is 6. The second-order valence-corrected chi connectivity index (χ2v) is 16.2. The zero-order valence-electron chi connectivity index (χ0n) is 33.1. The molecule has 0 bridgehead atoms. The largest absolute Gasteiger partial charge is 0.456 e. The first kappa shape index (κ1) is 35.1. The predicted octanol–water partition coefficient (Wildman–Crippen LogP) is 14.0. The van der Waals surface area contributed by atoms with Crippen LogP contribution >= 0.6 is 0 Å². The number of hydrogen-bond donors (Lipinski definition) is 0. The molecule has 2 heterocycles. The van der Waals surface area contributed by atoms with Crippen LogP contribution in [-0.4, -0.2) is 15.0 Å². The van der Waals surface area contributed by atoms with Crippen LogP contribution in [0.2, 0.25) is 0 Å². The second-order valence-electron chi connectivity index (χ2n) is 16.2. The number of allylic oxidation sites excluding steroid dienone is 5. The molecule has 0 spiro atoms. The fourth-order valence-electron chi connectivity index (χ4n) is 9.29. The summed E-state index contributed by atoms with van der Waals surface area (Å²) in [6.45, 7) is 4.68. The average Bonchev–Trinajstić information content (AvgIpc) is 3.79. The number of hydrogen-bond acceptors (Lipinski definition) is 5. The van der Waals surface area contributed by atoms with Gasteiger partial charge in [0.05, 0.1) is 5.92 Å². The monoisotopic (exact) mass is 762 g/mol. The van der Waals surface area contributed by atoms with Gasteiger partial charge in [-0.15, -0.1) is 0 Å². The number of para-hydroxylation sites is 1. The molecule has 6 aromatic carbocycles. The topological polar surface area (TPSA) is 55.1 Å². The van der Waals surface area contributed by atoms with Crippen LogP contribution in [0, 0.1) is 0 Å². The average molecular weight is 763 g/mol. The van der Waals surface area contributed by atoms with Gasteiger partial charge in [0.25, 0.3) is 0 Å². The van der Waals surface area contributed by atoms with Gasteiger partial charge in [-0.3, -0.25) is 0 Å². The first-order chi connectivity index (χ1) is 29.0. The van der Waals surface area contributed by atoms with E-state index in [0.29, 0.717) is 5.82 Å². The summed E-state index contributed by atoms with van der Waals surface area (Å²) in [7, 11) is 0. The minimum absolute atomic E-state index is 0.0679. The molecule has 2 aromatic heterocycles. The third-order valence-corrected chi connectivity index (χ3v) is 12.3. The van der Waals surface area contributed by atoms with Crippen LogP contribution in [0.4, 0.5) is 17.1 Å². The van der Waals surface area contributed by atoms with Gasteiger partial charge in [-0.05, 0) is 101 Å². The molecule has 8 aromatic rings. The summed E-state index contributed by atoms with van der Waals surface area (Å²) in [5.41, 5.74) is 14.9. The fraction of sp³-hybridized carbons (Fsp3) is 0.130. The van der Waals surface area contributed by atoms with Gasteiger partial charge < -0.3 is 9.32 Å². The molecule has 1 unspecified atom stereocenters. The Kier molecular flexibility index (Phi) is 8.37. The maximum Gasteiger partial charge on any atom is 0.163 e. The van der Waals surface area contributed by atoms with E-state index < -0.39 is 0 Å². The van der Waals surface area contributed by atoms with Crippen molar-refractivity contribution in [1.29, 1.82) is 0 Å². The lowest BCUT2D eigenvalue weighted by Crippen LogP contribution is -2.16. The van der Waals surface area contributed by atoms with Crippen LogP contribution < -0.4 is 4.90 Å². The normalized spacial score (nSPS) is 16.0. The van der Waals surface area contributed by atoms with Gasteiger partial charge in [0, 0.05) is 44.6 Å². The zero-order valence-corrected chi connectivity index (χ0v) is 33.1. The Hall–Kier alpha value is -7.11. The molecule has 3 aliphatic carbocycles. The highest BCUT2D eigenvalue weighted by Gasteiger charge is 2.36. The Labute approximate surface area is 344 Å². The molecule has 0 N–H and O–H groups in total. The van der Waals surface area contributed by atoms with Crippen molar-refractivity contribution in [1.82, 2.24) is 15.0 Å². The Morgan fingerprint density at radius 3 is 2.10 bits per heavy atom. The molecule has 0 amide bonds. The van der Waals surface area contributed by atoms with E-state index in [-0.39, 0.29) is 11.3 Å². The summed E-state index contributed by atoms with van der Waals surface area (Å²) >= 11 is 0. The van der Waals surface area contributed by atoms with Gasteiger partial charge in [0.2, 0.25) is 0 Å². The molecular weight excluding hydrogens is 721 g/mol. The summed E-state index contributed by atoms with van der Waals surface area (Å²) < 4.78 is 6.63. The molecule has 5 nitrogen and oxygen atoms in total. The van der Waals surface area contributed by atoms with E-state index in [0.717, 1.165) is 92.5 Å². The number of aromatic nitrogens is 3. The van der Waals surface area contributed by atoms with Gasteiger partial charge in [-0.25, -0.2) is 15.0 Å². The van der Waals surface area contributed by atoms with E-state index in [9.17, 15) is 0 Å². The fourth-order valence-corrected chi connectivity index (χ4v) is 9.29. The molecule has 0 fully saturated rings. The van der Waals surface area contributed by atoms with Crippen LogP contribution in [-0.2, 0) is 5.41 Å². The lowest BCUT2D eigenvalue weighted by molar-refractivity contribution is 0.586. The van der Waals surface area contributed by atoms with E-state index in [4.69, 9.17) is 19.4 Å². The highest BCUT2D eigenvalue weighted by molar-refractivity contribution is 5.91. The van der Waals surface area contributed by atoms with E-state index >= 15 is 0 Å². The number of rotatable bonds is 7. The molecule has 5 heteroatoms. The summed E-state index contributed by atoms with van der Waals surface area (Å²) in [6.07, 6.45) is 13.6. The number of nitrogens with zero attached hydrogens (tertiary/aromatic N) is 4. The van der Waals surface area contributed by atoms with Crippen molar-refractivity contribution in [2.75, 3.05) is 4.90 Å². The van der Waals surface area contributed by atoms with E-state index in [2.05, 4.69) is 177 Å². The summed E-state index contributed by atoms with van der Waals surface area (Å²) in [5, 5.41) is 1.09. The maximum absolute atomic E-state index is 6.63. The lowest BCUT2D eigenvalue weighted by atomic mass is 9.82. The standard InChI is InChI=1S/C54H42N4O/c1-54(2)46-23-13-12-21-42(46)43-32-30-41(34-47(43)54)58(39-19-10-5-11-20-39)40-28-25-35(26-29-40)38-27-31-44-49(33-38)59-48-24-14-22-45(50(44)48)53-56-51(36-15-6-3-7-16-36)55-52(57-53)37-17-8-4-9-18-37/h3,5-8,10-21,23-34,45H,4,9,22H2,1-2H3. The van der Waals surface area contributed by atoms with Crippen molar-refractivity contribution in [3.05, 3.63) is 204 Å². The van der Waals surface area contributed by atoms with Gasteiger partial charge in [-0.1, -0.05) is 141 Å². The summed E-state index contributed by atoms with van der Waals surface area (Å²) in [5.74, 6) is 2.97. The Bertz CT molecular complexity index is 2990. The molecule has 284 valence electrons. The Morgan fingerprint density at radius 1 is 0.576 bits per heavy atom. The van der Waals surface area contributed by atoms with Crippen molar-refractivity contribution in [2.45, 2.75) is 44.4 Å². The van der Waals surface area contributed by atoms with Crippen LogP contribution in [0.5, 0.6) is 0 Å². The maximum atomic E-state index is 6.63. The first-order valence-corrected chi connectivity index (χ1v) is 20.6. The van der Waals surface area contributed by atoms with E-state index in [1.807, 2.05) is 18.2 Å². The van der Waals surface area contributed by atoms with Crippen molar-refractivity contribution in [2.24, 2.45) is 0 Å². The van der Waals surface area contributed by atoms with E-state index in [1.165, 1.54) is 22.3 Å². The summed E-state index contributed by atoms with van der Waals surface area (Å²) in [6, 6.07) is 52.1.